The lowest BCUT2D eigenvalue weighted by atomic mass is 10.4. The van der Waals surface area contributed by atoms with Gasteiger partial charge in [0.25, 0.3) is 10.0 Å². The molecule has 0 aliphatic heterocycles. The standard InChI is InChI=1S/C11H19N3O4S/c1-17-8-6-14(7-9-18-2)19(15,16)11-10(12)4-3-5-13-11/h3-5H,6-9,12H2,1-2H3. The molecule has 0 atom stereocenters. The maximum Gasteiger partial charge on any atom is 0.262 e. The Labute approximate surface area is 113 Å². The number of ether oxygens (including phenoxy) is 2. The number of methoxy groups -OCH3 is 2. The SMILES string of the molecule is COCCN(CCOC)S(=O)(=O)c1ncccc1N. The van der Waals surface area contributed by atoms with Crippen LogP contribution in [0.3, 0.4) is 0 Å². The normalized spacial score (nSPS) is 11.9. The summed E-state index contributed by atoms with van der Waals surface area (Å²) >= 11 is 0. The molecule has 0 aromatic carbocycles. The van der Waals surface area contributed by atoms with Crippen LogP contribution in [0.25, 0.3) is 0 Å². The van der Waals surface area contributed by atoms with Crippen molar-refractivity contribution in [2.75, 3.05) is 46.3 Å². The van der Waals surface area contributed by atoms with E-state index in [1.807, 2.05) is 0 Å². The number of nitrogens with zero attached hydrogens (tertiary/aromatic N) is 2. The molecule has 108 valence electrons. The molecule has 0 aliphatic carbocycles. The molecule has 0 fully saturated rings. The number of anilines is 1. The molecular weight excluding hydrogens is 270 g/mol. The number of rotatable bonds is 8. The highest BCUT2D eigenvalue weighted by Crippen LogP contribution is 2.18. The summed E-state index contributed by atoms with van der Waals surface area (Å²) in [5.74, 6) is 0. The zero-order chi connectivity index (χ0) is 14.3. The molecule has 0 saturated carbocycles. The van der Waals surface area contributed by atoms with Gasteiger partial charge in [-0.15, -0.1) is 0 Å². The van der Waals surface area contributed by atoms with Crippen LogP contribution in [0.1, 0.15) is 0 Å². The van der Waals surface area contributed by atoms with Crippen LogP contribution in [-0.2, 0) is 19.5 Å². The molecule has 0 amide bonds. The fourth-order valence-electron chi connectivity index (χ4n) is 1.48. The summed E-state index contributed by atoms with van der Waals surface area (Å²) in [4.78, 5) is 3.85. The molecule has 1 aromatic rings. The Kier molecular flexibility index (Phi) is 6.16. The van der Waals surface area contributed by atoms with Gasteiger partial charge in [0, 0.05) is 33.5 Å². The second-order valence-corrected chi connectivity index (χ2v) is 5.64. The maximum absolute atomic E-state index is 12.4. The third-order valence-electron chi connectivity index (χ3n) is 2.47. The van der Waals surface area contributed by atoms with Crippen molar-refractivity contribution in [3.05, 3.63) is 18.3 Å². The average Bonchev–Trinajstić information content (AvgIpc) is 2.39. The van der Waals surface area contributed by atoms with Crippen molar-refractivity contribution in [1.29, 1.82) is 0 Å². The maximum atomic E-state index is 12.4. The van der Waals surface area contributed by atoms with Crippen molar-refractivity contribution in [2.24, 2.45) is 0 Å². The molecule has 1 aromatic heterocycles. The first-order valence-corrected chi connectivity index (χ1v) is 7.16. The number of nitrogens with two attached hydrogens (primary N) is 1. The van der Waals surface area contributed by atoms with Crippen LogP contribution in [0.5, 0.6) is 0 Å². The predicted molar refractivity (Wildman–Crippen MR) is 71.2 cm³/mol. The lowest BCUT2D eigenvalue weighted by Crippen LogP contribution is -2.37. The minimum Gasteiger partial charge on any atom is -0.396 e. The molecule has 8 heteroatoms. The number of hydrogen-bond acceptors (Lipinski definition) is 6. The van der Waals surface area contributed by atoms with Gasteiger partial charge in [-0.2, -0.15) is 4.31 Å². The Hall–Kier alpha value is -1.22. The van der Waals surface area contributed by atoms with E-state index in [1.54, 1.807) is 6.07 Å². The van der Waals surface area contributed by atoms with Crippen molar-refractivity contribution < 1.29 is 17.9 Å². The highest BCUT2D eigenvalue weighted by Gasteiger charge is 2.27. The van der Waals surface area contributed by atoms with E-state index < -0.39 is 10.0 Å². The second-order valence-electron chi connectivity index (χ2n) is 3.79. The van der Waals surface area contributed by atoms with Gasteiger partial charge in [0.15, 0.2) is 5.03 Å². The van der Waals surface area contributed by atoms with Gasteiger partial charge in [-0.05, 0) is 12.1 Å². The minimum absolute atomic E-state index is 0.127. The highest BCUT2D eigenvalue weighted by atomic mass is 32.2. The van der Waals surface area contributed by atoms with Gasteiger partial charge in [-0.1, -0.05) is 0 Å². The molecular formula is C11H19N3O4S. The fourth-order valence-corrected chi connectivity index (χ4v) is 2.91. The van der Waals surface area contributed by atoms with E-state index >= 15 is 0 Å². The molecule has 0 saturated heterocycles. The van der Waals surface area contributed by atoms with Crippen LogP contribution in [0.2, 0.25) is 0 Å². The number of sulfonamides is 1. The zero-order valence-electron chi connectivity index (χ0n) is 11.1. The Bertz CT molecular complexity index is 484. The van der Waals surface area contributed by atoms with Gasteiger partial charge in [0.2, 0.25) is 0 Å². The van der Waals surface area contributed by atoms with E-state index in [9.17, 15) is 8.42 Å². The van der Waals surface area contributed by atoms with Gasteiger partial charge in [0.05, 0.1) is 18.9 Å². The molecule has 0 aliphatic rings. The van der Waals surface area contributed by atoms with E-state index in [-0.39, 0.29) is 37.0 Å². The molecule has 19 heavy (non-hydrogen) atoms. The topological polar surface area (TPSA) is 94.8 Å². The van der Waals surface area contributed by atoms with E-state index in [0.29, 0.717) is 0 Å². The van der Waals surface area contributed by atoms with Crippen molar-refractivity contribution in [3.8, 4) is 0 Å². The average molecular weight is 289 g/mol. The quantitative estimate of drug-likeness (QED) is 0.721. The monoisotopic (exact) mass is 289 g/mol. The molecule has 1 rings (SSSR count). The van der Waals surface area contributed by atoms with Crippen LogP contribution in [-0.4, -0.2) is 58.2 Å². The molecule has 0 spiro atoms. The summed E-state index contributed by atoms with van der Waals surface area (Å²) in [6.45, 7) is 1.02. The smallest absolute Gasteiger partial charge is 0.262 e. The van der Waals surface area contributed by atoms with Crippen LogP contribution >= 0.6 is 0 Å². The minimum atomic E-state index is -3.74. The Balaban J connectivity index is 3.01. The first kappa shape index (κ1) is 15.8. The van der Waals surface area contributed by atoms with Gasteiger partial charge < -0.3 is 15.2 Å². The lowest BCUT2D eigenvalue weighted by Gasteiger charge is -2.21. The van der Waals surface area contributed by atoms with E-state index in [4.69, 9.17) is 15.2 Å². The second kappa shape index (κ2) is 7.39. The van der Waals surface area contributed by atoms with Crippen LogP contribution in [0.4, 0.5) is 5.69 Å². The van der Waals surface area contributed by atoms with E-state index in [2.05, 4.69) is 4.98 Å². The van der Waals surface area contributed by atoms with Crippen molar-refractivity contribution in [1.82, 2.24) is 9.29 Å². The lowest BCUT2D eigenvalue weighted by molar-refractivity contribution is 0.150. The number of hydrogen-bond donors (Lipinski definition) is 1. The van der Waals surface area contributed by atoms with Crippen LogP contribution in [0.15, 0.2) is 23.4 Å². The van der Waals surface area contributed by atoms with E-state index in [0.717, 1.165) is 0 Å². The number of pyridine rings is 1. The predicted octanol–water partition coefficient (Wildman–Crippen LogP) is -0.0527. The summed E-state index contributed by atoms with van der Waals surface area (Å²) in [6.07, 6.45) is 1.40. The van der Waals surface area contributed by atoms with Crippen molar-refractivity contribution in [3.63, 3.8) is 0 Å². The Morgan fingerprint density at radius 3 is 2.32 bits per heavy atom. The number of nitrogen functional groups attached to an aromatic ring is 1. The Morgan fingerprint density at radius 1 is 1.26 bits per heavy atom. The summed E-state index contributed by atoms with van der Waals surface area (Å²) in [6, 6.07) is 3.09. The largest absolute Gasteiger partial charge is 0.396 e. The summed E-state index contributed by atoms with van der Waals surface area (Å²) in [7, 11) is -0.719. The van der Waals surface area contributed by atoms with Crippen molar-refractivity contribution in [2.45, 2.75) is 5.03 Å². The highest BCUT2D eigenvalue weighted by molar-refractivity contribution is 7.89. The molecule has 1 heterocycles. The third kappa shape index (κ3) is 4.13. The molecule has 0 unspecified atom stereocenters. The third-order valence-corrected chi connectivity index (χ3v) is 4.35. The van der Waals surface area contributed by atoms with Gasteiger partial charge in [0.1, 0.15) is 0 Å². The van der Waals surface area contributed by atoms with Crippen LogP contribution in [0, 0.1) is 0 Å². The van der Waals surface area contributed by atoms with Gasteiger partial charge in [-0.3, -0.25) is 0 Å². The molecule has 0 radical (unpaired) electrons. The summed E-state index contributed by atoms with van der Waals surface area (Å²) in [5.41, 5.74) is 5.80. The molecule has 7 nitrogen and oxygen atoms in total. The summed E-state index contributed by atoms with van der Waals surface area (Å²) in [5, 5.41) is -0.137. The van der Waals surface area contributed by atoms with Crippen LogP contribution < -0.4 is 5.73 Å². The fraction of sp³-hybridized carbons (Fsp3) is 0.545. The van der Waals surface area contributed by atoms with Gasteiger partial charge >= 0.3 is 0 Å². The first-order valence-electron chi connectivity index (χ1n) is 5.72. The number of aromatic nitrogens is 1. The Morgan fingerprint density at radius 2 is 1.84 bits per heavy atom. The molecule has 2 N–H and O–H groups in total. The molecule has 0 bridgehead atoms. The van der Waals surface area contributed by atoms with Gasteiger partial charge in [-0.25, -0.2) is 13.4 Å². The summed E-state index contributed by atoms with van der Waals surface area (Å²) < 4.78 is 36.0. The van der Waals surface area contributed by atoms with Crippen molar-refractivity contribution >= 4 is 15.7 Å². The van der Waals surface area contributed by atoms with E-state index in [1.165, 1.54) is 30.8 Å². The zero-order valence-corrected chi connectivity index (χ0v) is 11.9. The first-order chi connectivity index (χ1) is 9.04.